The molecule has 3 atom stereocenters. The van der Waals surface area contributed by atoms with E-state index in [4.69, 9.17) is 4.74 Å². The monoisotopic (exact) mass is 330 g/mol. The zero-order chi connectivity index (χ0) is 17.3. The number of hydrogen-bond donors (Lipinski definition) is 0. The summed E-state index contributed by atoms with van der Waals surface area (Å²) in [6.45, 7) is 11.9. The van der Waals surface area contributed by atoms with Crippen LogP contribution < -0.4 is 0 Å². The Bertz CT molecular complexity index is 567. The van der Waals surface area contributed by atoms with Crippen LogP contribution in [0.5, 0.6) is 0 Å². The number of piperidine rings is 2. The summed E-state index contributed by atoms with van der Waals surface area (Å²) in [4.78, 5) is 17.0. The van der Waals surface area contributed by atoms with Crippen molar-refractivity contribution in [2.45, 2.75) is 52.3 Å². The molecule has 0 aromatic heterocycles. The lowest BCUT2D eigenvalue weighted by molar-refractivity contribution is -0.0333. The lowest BCUT2D eigenvalue weighted by atomic mass is 9.80. The number of amides is 1. The van der Waals surface area contributed by atoms with E-state index in [2.05, 4.69) is 42.2 Å². The highest BCUT2D eigenvalue weighted by molar-refractivity contribution is 5.68. The van der Waals surface area contributed by atoms with E-state index in [0.717, 1.165) is 26.2 Å². The Morgan fingerprint density at radius 3 is 2.54 bits per heavy atom. The van der Waals surface area contributed by atoms with E-state index in [1.807, 2.05) is 25.7 Å². The van der Waals surface area contributed by atoms with Crippen LogP contribution in [0.1, 0.15) is 39.7 Å². The molecule has 0 N–H and O–H groups in total. The first-order valence-electron chi connectivity index (χ1n) is 9.08. The molecule has 2 bridgehead atoms. The first-order chi connectivity index (χ1) is 11.3. The largest absolute Gasteiger partial charge is 0.444 e. The van der Waals surface area contributed by atoms with E-state index in [0.29, 0.717) is 11.8 Å². The highest BCUT2D eigenvalue weighted by atomic mass is 16.6. The number of carbonyl (C=O) groups is 1. The molecule has 3 rings (SSSR count). The molecule has 1 amide bonds. The molecule has 2 saturated heterocycles. The normalized spacial score (nSPS) is 27.8. The number of nitrogens with zero attached hydrogens (tertiary/aromatic N) is 2. The summed E-state index contributed by atoms with van der Waals surface area (Å²) >= 11 is 0. The summed E-state index contributed by atoms with van der Waals surface area (Å²) < 4.78 is 5.61. The number of rotatable bonds is 2. The standard InChI is InChI=1S/C20H30N2O2/c1-15-18-10-17(13-22(15)19(23)24-20(2,3)4)12-21(14-18)11-16-8-6-5-7-9-16/h5-9,15,17-18H,10-14H2,1-4H3/t15-,17-,18+/m0/s1. The highest BCUT2D eigenvalue weighted by Crippen LogP contribution is 2.34. The van der Waals surface area contributed by atoms with Crippen LogP contribution in [-0.2, 0) is 11.3 Å². The van der Waals surface area contributed by atoms with Crippen molar-refractivity contribution in [2.24, 2.45) is 11.8 Å². The Kier molecular flexibility index (Phi) is 4.86. The first-order valence-corrected chi connectivity index (χ1v) is 9.08. The molecule has 0 aliphatic carbocycles. The van der Waals surface area contributed by atoms with E-state index in [1.165, 1.54) is 12.0 Å². The molecule has 2 aliphatic heterocycles. The van der Waals surface area contributed by atoms with Gasteiger partial charge in [0.05, 0.1) is 0 Å². The Hall–Kier alpha value is -1.55. The fraction of sp³-hybridized carbons (Fsp3) is 0.650. The van der Waals surface area contributed by atoms with Crippen molar-refractivity contribution in [2.75, 3.05) is 19.6 Å². The Morgan fingerprint density at radius 1 is 1.17 bits per heavy atom. The van der Waals surface area contributed by atoms with E-state index in [1.54, 1.807) is 0 Å². The van der Waals surface area contributed by atoms with Crippen LogP contribution in [-0.4, -0.2) is 47.2 Å². The summed E-state index contributed by atoms with van der Waals surface area (Å²) in [5.41, 5.74) is 0.942. The maximum absolute atomic E-state index is 12.5. The molecule has 2 fully saturated rings. The third-order valence-corrected chi connectivity index (χ3v) is 5.15. The summed E-state index contributed by atoms with van der Waals surface area (Å²) in [6, 6.07) is 10.9. The highest BCUT2D eigenvalue weighted by Gasteiger charge is 2.41. The molecule has 0 spiro atoms. The molecule has 0 unspecified atom stereocenters. The first kappa shape index (κ1) is 17.3. The third kappa shape index (κ3) is 4.10. The quantitative estimate of drug-likeness (QED) is 0.827. The molecule has 132 valence electrons. The van der Waals surface area contributed by atoms with E-state index < -0.39 is 5.60 Å². The lowest BCUT2D eigenvalue weighted by Crippen LogP contribution is -2.58. The molecule has 1 aromatic carbocycles. The van der Waals surface area contributed by atoms with Gasteiger partial charge in [0.1, 0.15) is 5.60 Å². The van der Waals surface area contributed by atoms with Crippen LogP contribution in [0.25, 0.3) is 0 Å². The maximum atomic E-state index is 12.5. The summed E-state index contributed by atoms with van der Waals surface area (Å²) in [5, 5.41) is 0. The van der Waals surface area contributed by atoms with Gasteiger partial charge in [-0.2, -0.15) is 0 Å². The molecule has 0 radical (unpaired) electrons. The third-order valence-electron chi connectivity index (χ3n) is 5.15. The average Bonchev–Trinajstić information content (AvgIpc) is 2.50. The molecule has 1 aromatic rings. The predicted octanol–water partition coefficient (Wildman–Crippen LogP) is 3.76. The Balaban J connectivity index is 1.63. The number of hydrogen-bond acceptors (Lipinski definition) is 3. The fourth-order valence-corrected chi connectivity index (χ4v) is 4.06. The minimum absolute atomic E-state index is 0.152. The van der Waals surface area contributed by atoms with Gasteiger partial charge in [-0.1, -0.05) is 30.3 Å². The Labute approximate surface area is 145 Å². The van der Waals surface area contributed by atoms with Crippen LogP contribution in [0, 0.1) is 11.8 Å². The molecular weight excluding hydrogens is 300 g/mol. The van der Waals surface area contributed by atoms with Crippen molar-refractivity contribution >= 4 is 6.09 Å². The van der Waals surface area contributed by atoms with Crippen LogP contribution in [0.4, 0.5) is 4.79 Å². The van der Waals surface area contributed by atoms with E-state index in [-0.39, 0.29) is 12.1 Å². The molecular formula is C20H30N2O2. The van der Waals surface area contributed by atoms with Gasteiger partial charge in [-0.25, -0.2) is 4.79 Å². The van der Waals surface area contributed by atoms with Gasteiger partial charge in [-0.15, -0.1) is 0 Å². The molecule has 2 heterocycles. The molecule has 24 heavy (non-hydrogen) atoms. The topological polar surface area (TPSA) is 32.8 Å². The minimum atomic E-state index is -0.428. The van der Waals surface area contributed by atoms with Gasteiger partial charge in [0.25, 0.3) is 0 Å². The van der Waals surface area contributed by atoms with Crippen LogP contribution in [0.3, 0.4) is 0 Å². The van der Waals surface area contributed by atoms with Crippen LogP contribution in [0.15, 0.2) is 30.3 Å². The number of benzene rings is 1. The van der Waals surface area contributed by atoms with Gasteiger partial charge in [-0.05, 0) is 51.5 Å². The van der Waals surface area contributed by atoms with Crippen LogP contribution in [0.2, 0.25) is 0 Å². The smallest absolute Gasteiger partial charge is 0.410 e. The predicted molar refractivity (Wildman–Crippen MR) is 95.7 cm³/mol. The van der Waals surface area contributed by atoms with Crippen molar-refractivity contribution < 1.29 is 9.53 Å². The van der Waals surface area contributed by atoms with Crippen molar-refractivity contribution in [1.29, 1.82) is 0 Å². The van der Waals surface area contributed by atoms with Gasteiger partial charge in [0, 0.05) is 32.2 Å². The van der Waals surface area contributed by atoms with Gasteiger partial charge in [-0.3, -0.25) is 4.90 Å². The van der Waals surface area contributed by atoms with Gasteiger partial charge in [0.15, 0.2) is 0 Å². The fourth-order valence-electron chi connectivity index (χ4n) is 4.06. The average molecular weight is 330 g/mol. The SMILES string of the molecule is C[C@H]1[C@@H]2C[C@@H](CN(Cc3ccccc3)C2)CN1C(=O)OC(C)(C)C. The number of fused-ring (bicyclic) bond motifs is 2. The van der Waals surface area contributed by atoms with Crippen molar-refractivity contribution in [3.63, 3.8) is 0 Å². The summed E-state index contributed by atoms with van der Waals surface area (Å²) in [5.74, 6) is 1.09. The molecule has 4 heteroatoms. The van der Waals surface area contributed by atoms with Gasteiger partial charge < -0.3 is 9.64 Å². The Morgan fingerprint density at radius 2 is 1.88 bits per heavy atom. The maximum Gasteiger partial charge on any atom is 0.410 e. The second kappa shape index (κ2) is 6.75. The van der Waals surface area contributed by atoms with Crippen molar-refractivity contribution in [3.05, 3.63) is 35.9 Å². The second-order valence-electron chi connectivity index (χ2n) is 8.41. The van der Waals surface area contributed by atoms with Crippen molar-refractivity contribution in [3.8, 4) is 0 Å². The van der Waals surface area contributed by atoms with Gasteiger partial charge in [0.2, 0.25) is 0 Å². The molecule has 2 aliphatic rings. The minimum Gasteiger partial charge on any atom is -0.444 e. The van der Waals surface area contributed by atoms with Crippen molar-refractivity contribution in [1.82, 2.24) is 9.80 Å². The molecule has 4 nitrogen and oxygen atoms in total. The summed E-state index contributed by atoms with van der Waals surface area (Å²) in [7, 11) is 0. The zero-order valence-corrected chi connectivity index (χ0v) is 15.4. The van der Waals surface area contributed by atoms with Gasteiger partial charge >= 0.3 is 6.09 Å². The molecule has 0 saturated carbocycles. The lowest BCUT2D eigenvalue weighted by Gasteiger charge is -2.49. The van der Waals surface area contributed by atoms with Crippen LogP contribution >= 0.6 is 0 Å². The number of ether oxygens (including phenoxy) is 1. The number of likely N-dealkylation sites (tertiary alicyclic amines) is 2. The number of carbonyl (C=O) groups excluding carboxylic acids is 1. The summed E-state index contributed by atoms with van der Waals surface area (Å²) in [6.07, 6.45) is 1.08. The van der Waals surface area contributed by atoms with E-state index in [9.17, 15) is 4.79 Å². The zero-order valence-electron chi connectivity index (χ0n) is 15.4. The second-order valence-corrected chi connectivity index (χ2v) is 8.41. The van der Waals surface area contributed by atoms with E-state index >= 15 is 0 Å².